The van der Waals surface area contributed by atoms with E-state index in [2.05, 4.69) is 20.3 Å². The molecule has 0 aliphatic carbocycles. The van der Waals surface area contributed by atoms with Gasteiger partial charge in [0.25, 0.3) is 5.91 Å². The molecule has 1 aromatic carbocycles. The first-order valence-corrected chi connectivity index (χ1v) is 11.6. The molecule has 11 heteroatoms. The van der Waals surface area contributed by atoms with Gasteiger partial charge in [0, 0.05) is 13.1 Å². The summed E-state index contributed by atoms with van der Waals surface area (Å²) in [6.07, 6.45) is 0. The Morgan fingerprint density at radius 3 is 2.59 bits per heavy atom. The first-order valence-electron chi connectivity index (χ1n) is 9.71. The van der Waals surface area contributed by atoms with Crippen LogP contribution < -0.4 is 5.32 Å². The van der Waals surface area contributed by atoms with E-state index in [0.717, 1.165) is 16.3 Å². The molecule has 0 aliphatic rings. The van der Waals surface area contributed by atoms with Crippen molar-refractivity contribution in [1.82, 2.24) is 20.1 Å². The number of ether oxygens (including phenoxy) is 2. The number of thioether (sulfide) groups is 1. The van der Waals surface area contributed by atoms with E-state index >= 15 is 0 Å². The highest BCUT2D eigenvalue weighted by Gasteiger charge is 2.16. The van der Waals surface area contributed by atoms with Crippen LogP contribution >= 0.6 is 23.1 Å². The maximum atomic E-state index is 12.0. The van der Waals surface area contributed by atoms with E-state index in [0.29, 0.717) is 17.3 Å². The lowest BCUT2D eigenvalue weighted by Crippen LogP contribution is -2.28. The van der Waals surface area contributed by atoms with Crippen molar-refractivity contribution in [3.05, 3.63) is 52.9 Å². The number of methoxy groups -OCH3 is 1. The third-order valence-corrected chi connectivity index (χ3v) is 6.13. The van der Waals surface area contributed by atoms with Crippen LogP contribution in [0.1, 0.15) is 22.8 Å². The molecule has 32 heavy (non-hydrogen) atoms. The Kier molecular flexibility index (Phi) is 8.40. The molecule has 0 saturated heterocycles. The zero-order valence-electron chi connectivity index (χ0n) is 17.6. The van der Waals surface area contributed by atoms with Crippen molar-refractivity contribution in [2.45, 2.75) is 25.2 Å². The van der Waals surface area contributed by atoms with Crippen molar-refractivity contribution < 1.29 is 23.9 Å². The number of nitrogens with zero attached hydrogens (tertiary/aromatic N) is 3. The fourth-order valence-electron chi connectivity index (χ4n) is 2.71. The third-order valence-electron chi connectivity index (χ3n) is 4.32. The highest BCUT2D eigenvalue weighted by atomic mass is 32.2. The molecule has 0 atom stereocenters. The smallest absolute Gasteiger partial charge is 0.337 e. The molecule has 0 fully saturated rings. The van der Waals surface area contributed by atoms with Gasteiger partial charge < -0.3 is 19.4 Å². The lowest BCUT2D eigenvalue weighted by atomic mass is 10.1. The quantitative estimate of drug-likeness (QED) is 0.353. The molecule has 2 heterocycles. The predicted octanol–water partition coefficient (Wildman–Crippen LogP) is 2.76. The number of esters is 2. The average molecular weight is 475 g/mol. The number of carbonyl (C=O) groups is 3. The van der Waals surface area contributed by atoms with E-state index in [1.54, 1.807) is 35.6 Å². The van der Waals surface area contributed by atoms with Gasteiger partial charge in [0.1, 0.15) is 0 Å². The molecule has 0 bridgehead atoms. The second kappa shape index (κ2) is 11.4. The van der Waals surface area contributed by atoms with Crippen molar-refractivity contribution in [1.29, 1.82) is 0 Å². The highest BCUT2D eigenvalue weighted by Crippen LogP contribution is 2.27. The zero-order valence-corrected chi connectivity index (χ0v) is 19.2. The fraction of sp³-hybridized carbons (Fsp3) is 0.286. The maximum Gasteiger partial charge on any atom is 0.337 e. The molecule has 0 aliphatic heterocycles. The Balaban J connectivity index is 1.41. The molecule has 3 aromatic rings. The van der Waals surface area contributed by atoms with E-state index < -0.39 is 17.8 Å². The molecule has 2 aromatic heterocycles. The third kappa shape index (κ3) is 6.17. The lowest BCUT2D eigenvalue weighted by molar-refractivity contribution is -0.145. The number of benzene rings is 1. The normalized spacial score (nSPS) is 10.6. The molecular formula is C21H22N4O5S2. The summed E-state index contributed by atoms with van der Waals surface area (Å²) in [7, 11) is 1.31. The van der Waals surface area contributed by atoms with Crippen LogP contribution in [0.2, 0.25) is 0 Å². The summed E-state index contributed by atoms with van der Waals surface area (Å²) in [6, 6.07) is 10.6. The van der Waals surface area contributed by atoms with Crippen LogP contribution in [0, 0.1) is 0 Å². The summed E-state index contributed by atoms with van der Waals surface area (Å²) >= 11 is 2.79. The number of thiophene rings is 1. The molecule has 0 radical (unpaired) electrons. The highest BCUT2D eigenvalue weighted by molar-refractivity contribution is 7.99. The van der Waals surface area contributed by atoms with Crippen molar-refractivity contribution in [3.8, 4) is 10.7 Å². The minimum Gasteiger partial charge on any atom is -0.465 e. The summed E-state index contributed by atoms with van der Waals surface area (Å²) in [5.41, 5.74) is 1.23. The van der Waals surface area contributed by atoms with Gasteiger partial charge in [0.2, 0.25) is 0 Å². The molecule has 0 spiro atoms. The molecule has 3 rings (SSSR count). The minimum atomic E-state index is -0.518. The van der Waals surface area contributed by atoms with Gasteiger partial charge in [-0.25, -0.2) is 4.79 Å². The minimum absolute atomic E-state index is 0.0187. The topological polar surface area (TPSA) is 112 Å². The molecule has 1 amide bonds. The molecule has 9 nitrogen and oxygen atoms in total. The Bertz CT molecular complexity index is 1060. The SMILES string of the molecule is CCn1c(SCC(=O)OCC(=O)NCc2ccc(C(=O)OC)cc2)nnc1-c1cccs1. The van der Waals surface area contributed by atoms with Gasteiger partial charge >= 0.3 is 11.9 Å². The van der Waals surface area contributed by atoms with Crippen LogP contribution in [0.15, 0.2) is 46.9 Å². The van der Waals surface area contributed by atoms with Crippen molar-refractivity contribution in [2.24, 2.45) is 0 Å². The summed E-state index contributed by atoms with van der Waals surface area (Å²) < 4.78 is 11.6. The summed E-state index contributed by atoms with van der Waals surface area (Å²) in [5, 5.41) is 13.6. The number of carbonyl (C=O) groups excluding carboxylic acids is 3. The van der Waals surface area contributed by atoms with Crippen LogP contribution in [-0.2, 0) is 32.2 Å². The second-order valence-electron chi connectivity index (χ2n) is 6.44. The number of hydrogen-bond acceptors (Lipinski definition) is 9. The van der Waals surface area contributed by atoms with Gasteiger partial charge in [0.15, 0.2) is 17.6 Å². The molecule has 168 valence electrons. The van der Waals surface area contributed by atoms with Crippen molar-refractivity contribution in [3.63, 3.8) is 0 Å². The number of nitrogens with one attached hydrogen (secondary N) is 1. The monoisotopic (exact) mass is 474 g/mol. The van der Waals surface area contributed by atoms with Crippen LogP contribution in [0.25, 0.3) is 10.7 Å². The Morgan fingerprint density at radius 2 is 1.94 bits per heavy atom. The second-order valence-corrected chi connectivity index (χ2v) is 8.33. The van der Waals surface area contributed by atoms with E-state index in [9.17, 15) is 14.4 Å². The van der Waals surface area contributed by atoms with E-state index in [1.165, 1.54) is 18.9 Å². The Labute approximate surface area is 193 Å². The van der Waals surface area contributed by atoms with Crippen molar-refractivity contribution >= 4 is 40.9 Å². The summed E-state index contributed by atoms with van der Waals surface area (Å²) in [4.78, 5) is 36.4. The average Bonchev–Trinajstić information content (AvgIpc) is 3.49. The molecule has 0 saturated carbocycles. The Morgan fingerprint density at radius 1 is 1.16 bits per heavy atom. The van der Waals surface area contributed by atoms with E-state index in [4.69, 9.17) is 4.74 Å². The van der Waals surface area contributed by atoms with Crippen LogP contribution in [0.5, 0.6) is 0 Å². The van der Waals surface area contributed by atoms with Gasteiger partial charge in [0.05, 0.1) is 23.3 Å². The van der Waals surface area contributed by atoms with Gasteiger partial charge in [-0.05, 0) is 36.1 Å². The fourth-order valence-corrected chi connectivity index (χ4v) is 4.23. The van der Waals surface area contributed by atoms with Crippen LogP contribution in [0.4, 0.5) is 0 Å². The molecule has 1 N–H and O–H groups in total. The number of amides is 1. The maximum absolute atomic E-state index is 12.0. The predicted molar refractivity (Wildman–Crippen MR) is 120 cm³/mol. The number of rotatable bonds is 10. The standard InChI is InChI=1S/C21H22N4O5S2/c1-3-25-19(16-5-4-10-31-16)23-24-21(25)32-13-18(27)30-12-17(26)22-11-14-6-8-15(9-7-14)20(28)29-2/h4-10H,3,11-13H2,1-2H3,(H,22,26). The Hall–Kier alpha value is -3.18. The van der Waals surface area contributed by atoms with Crippen LogP contribution in [0.3, 0.4) is 0 Å². The zero-order chi connectivity index (χ0) is 22.9. The molecular weight excluding hydrogens is 452 g/mol. The van der Waals surface area contributed by atoms with Gasteiger partial charge in [-0.1, -0.05) is 30.0 Å². The summed E-state index contributed by atoms with van der Waals surface area (Å²) in [5.74, 6) is -0.583. The van der Waals surface area contributed by atoms with E-state index in [-0.39, 0.29) is 18.9 Å². The lowest BCUT2D eigenvalue weighted by Gasteiger charge is -2.08. The van der Waals surface area contributed by atoms with Crippen LogP contribution in [-0.4, -0.2) is 52.1 Å². The first kappa shape index (κ1) is 23.5. The first-order chi connectivity index (χ1) is 15.5. The summed E-state index contributed by atoms with van der Waals surface area (Å²) in [6.45, 7) is 2.52. The number of aromatic nitrogens is 3. The van der Waals surface area contributed by atoms with Gasteiger partial charge in [-0.2, -0.15) is 0 Å². The number of hydrogen-bond donors (Lipinski definition) is 1. The van der Waals surface area contributed by atoms with Gasteiger partial charge in [-0.3, -0.25) is 9.59 Å². The molecule has 0 unspecified atom stereocenters. The van der Waals surface area contributed by atoms with Crippen molar-refractivity contribution in [2.75, 3.05) is 19.5 Å². The van der Waals surface area contributed by atoms with Gasteiger partial charge in [-0.15, -0.1) is 21.5 Å². The van der Waals surface area contributed by atoms with E-state index in [1.807, 2.05) is 29.0 Å². The largest absolute Gasteiger partial charge is 0.465 e.